The van der Waals surface area contributed by atoms with Crippen LogP contribution in [0.5, 0.6) is 5.75 Å². The average molecular weight is 410 g/mol. The highest BCUT2D eigenvalue weighted by atomic mass is 35.5. The molecule has 0 amide bonds. The van der Waals surface area contributed by atoms with Gasteiger partial charge in [-0.1, -0.05) is 54.4 Å². The SMILES string of the molecule is CCCN1CCC2(CC1)Oc1ccc(C)cc1[C@H]1CC(c3ccccc3Cl)=NN12. The van der Waals surface area contributed by atoms with Crippen LogP contribution < -0.4 is 4.74 Å². The Bertz CT molecular complexity index is 949. The lowest BCUT2D eigenvalue weighted by Crippen LogP contribution is -2.59. The molecule has 4 nitrogen and oxygen atoms in total. The molecule has 3 aliphatic heterocycles. The van der Waals surface area contributed by atoms with Gasteiger partial charge in [0.15, 0.2) is 0 Å². The highest BCUT2D eigenvalue weighted by molar-refractivity contribution is 6.34. The lowest BCUT2D eigenvalue weighted by Gasteiger charge is -2.51. The first kappa shape index (κ1) is 19.0. The number of ether oxygens (including phenoxy) is 1. The fourth-order valence-corrected chi connectivity index (χ4v) is 5.28. The third-order valence-corrected chi connectivity index (χ3v) is 6.84. The molecule has 0 N–H and O–H groups in total. The van der Waals surface area contributed by atoms with Crippen LogP contribution >= 0.6 is 11.6 Å². The highest BCUT2D eigenvalue weighted by Crippen LogP contribution is 2.50. The monoisotopic (exact) mass is 409 g/mol. The molecule has 29 heavy (non-hydrogen) atoms. The summed E-state index contributed by atoms with van der Waals surface area (Å²) in [5.41, 5.74) is 4.25. The summed E-state index contributed by atoms with van der Waals surface area (Å²) in [6.07, 6.45) is 3.99. The van der Waals surface area contributed by atoms with Crippen LogP contribution in [0.1, 0.15) is 55.3 Å². The maximum absolute atomic E-state index is 6.73. The van der Waals surface area contributed by atoms with Crippen molar-refractivity contribution >= 4 is 17.3 Å². The summed E-state index contributed by atoms with van der Waals surface area (Å²) in [6, 6.07) is 14.8. The lowest BCUT2D eigenvalue weighted by atomic mass is 9.90. The molecule has 1 atom stereocenters. The average Bonchev–Trinajstić information content (AvgIpc) is 3.18. The number of halogens is 1. The van der Waals surface area contributed by atoms with Gasteiger partial charge in [-0.05, 0) is 32.0 Å². The summed E-state index contributed by atoms with van der Waals surface area (Å²) in [5.74, 6) is 1.02. The van der Waals surface area contributed by atoms with Gasteiger partial charge in [0.25, 0.3) is 0 Å². The van der Waals surface area contributed by atoms with Crippen LogP contribution in [0, 0.1) is 6.92 Å². The summed E-state index contributed by atoms with van der Waals surface area (Å²) in [7, 11) is 0. The highest BCUT2D eigenvalue weighted by Gasteiger charge is 2.51. The number of hydrazone groups is 1. The van der Waals surface area contributed by atoms with E-state index in [1.807, 2.05) is 18.2 Å². The second-order valence-corrected chi connectivity index (χ2v) is 8.93. The van der Waals surface area contributed by atoms with Crippen LogP contribution in [0.15, 0.2) is 47.6 Å². The topological polar surface area (TPSA) is 28.1 Å². The van der Waals surface area contributed by atoms with E-state index in [4.69, 9.17) is 21.4 Å². The third-order valence-electron chi connectivity index (χ3n) is 6.51. The molecule has 0 aliphatic carbocycles. The van der Waals surface area contributed by atoms with E-state index in [0.29, 0.717) is 0 Å². The maximum atomic E-state index is 6.73. The number of nitrogens with zero attached hydrogens (tertiary/aromatic N) is 3. The van der Waals surface area contributed by atoms with Crippen LogP contribution in [-0.2, 0) is 0 Å². The minimum absolute atomic E-state index is 0.211. The summed E-state index contributed by atoms with van der Waals surface area (Å²) >= 11 is 6.52. The van der Waals surface area contributed by atoms with E-state index in [1.54, 1.807) is 0 Å². The van der Waals surface area contributed by atoms with E-state index in [0.717, 1.165) is 60.9 Å². The summed E-state index contributed by atoms with van der Waals surface area (Å²) in [6.45, 7) is 7.65. The van der Waals surface area contributed by atoms with Gasteiger partial charge >= 0.3 is 0 Å². The third kappa shape index (κ3) is 3.23. The van der Waals surface area contributed by atoms with Crippen molar-refractivity contribution in [2.24, 2.45) is 5.10 Å². The van der Waals surface area contributed by atoms with E-state index >= 15 is 0 Å². The van der Waals surface area contributed by atoms with Crippen LogP contribution in [0.25, 0.3) is 0 Å². The van der Waals surface area contributed by atoms with Gasteiger partial charge in [0.2, 0.25) is 5.72 Å². The molecule has 1 spiro atoms. The summed E-state index contributed by atoms with van der Waals surface area (Å²) in [5, 5.41) is 8.18. The Labute approximate surface area is 178 Å². The van der Waals surface area contributed by atoms with Crippen molar-refractivity contribution in [3.63, 3.8) is 0 Å². The van der Waals surface area contributed by atoms with E-state index in [2.05, 4.69) is 48.0 Å². The number of piperidine rings is 1. The fourth-order valence-electron chi connectivity index (χ4n) is 5.03. The summed E-state index contributed by atoms with van der Waals surface area (Å²) < 4.78 is 6.73. The Morgan fingerprint density at radius 2 is 1.97 bits per heavy atom. The van der Waals surface area contributed by atoms with Gasteiger partial charge in [-0.25, -0.2) is 5.01 Å². The van der Waals surface area contributed by atoms with Crippen molar-refractivity contribution in [3.8, 4) is 5.75 Å². The van der Waals surface area contributed by atoms with E-state index < -0.39 is 0 Å². The zero-order valence-electron chi connectivity index (χ0n) is 17.2. The number of fused-ring (bicyclic) bond motifs is 4. The predicted octanol–water partition coefficient (Wildman–Crippen LogP) is 5.39. The van der Waals surface area contributed by atoms with Crippen LogP contribution in [0.3, 0.4) is 0 Å². The molecular formula is C24H28ClN3O. The van der Waals surface area contributed by atoms with Crippen molar-refractivity contribution in [1.29, 1.82) is 0 Å². The Morgan fingerprint density at radius 3 is 2.72 bits per heavy atom. The lowest BCUT2D eigenvalue weighted by molar-refractivity contribution is -0.149. The van der Waals surface area contributed by atoms with Crippen LogP contribution in [-0.4, -0.2) is 41.0 Å². The van der Waals surface area contributed by atoms with Crippen molar-refractivity contribution in [1.82, 2.24) is 9.91 Å². The molecule has 3 aliphatic rings. The predicted molar refractivity (Wildman–Crippen MR) is 118 cm³/mol. The molecule has 0 aromatic heterocycles. The van der Waals surface area contributed by atoms with Gasteiger partial charge in [-0.3, -0.25) is 0 Å². The number of rotatable bonds is 3. The Morgan fingerprint density at radius 1 is 1.17 bits per heavy atom. The van der Waals surface area contributed by atoms with Gasteiger partial charge in [0.1, 0.15) is 5.75 Å². The van der Waals surface area contributed by atoms with Crippen molar-refractivity contribution < 1.29 is 4.74 Å². The van der Waals surface area contributed by atoms with E-state index in [1.165, 1.54) is 17.5 Å². The number of aryl methyl sites for hydroxylation is 1. The quantitative estimate of drug-likeness (QED) is 0.679. The van der Waals surface area contributed by atoms with Crippen molar-refractivity contribution in [3.05, 3.63) is 64.2 Å². The van der Waals surface area contributed by atoms with Gasteiger partial charge in [0.05, 0.1) is 11.8 Å². The molecule has 5 rings (SSSR count). The molecule has 0 bridgehead atoms. The zero-order chi connectivity index (χ0) is 20.0. The van der Waals surface area contributed by atoms with Crippen molar-refractivity contribution in [2.75, 3.05) is 19.6 Å². The molecule has 3 heterocycles. The van der Waals surface area contributed by atoms with E-state index in [9.17, 15) is 0 Å². The first-order valence-electron chi connectivity index (χ1n) is 10.7. The number of hydrogen-bond donors (Lipinski definition) is 0. The second kappa shape index (κ2) is 7.33. The maximum Gasteiger partial charge on any atom is 0.200 e. The van der Waals surface area contributed by atoms with Crippen LogP contribution in [0.4, 0.5) is 0 Å². The molecular weight excluding hydrogens is 382 g/mol. The van der Waals surface area contributed by atoms with Crippen molar-refractivity contribution in [2.45, 2.75) is 51.3 Å². The van der Waals surface area contributed by atoms with Gasteiger partial charge in [-0.15, -0.1) is 0 Å². The molecule has 152 valence electrons. The molecule has 1 fully saturated rings. The fraction of sp³-hybridized carbons (Fsp3) is 0.458. The Kier molecular flexibility index (Phi) is 4.79. The molecule has 2 aromatic rings. The normalized spacial score (nSPS) is 22.8. The zero-order valence-corrected chi connectivity index (χ0v) is 18.0. The molecule has 1 saturated heterocycles. The summed E-state index contributed by atoms with van der Waals surface area (Å²) in [4.78, 5) is 2.54. The molecule has 5 heteroatoms. The van der Waals surface area contributed by atoms with Gasteiger partial charge in [0, 0.05) is 48.5 Å². The minimum Gasteiger partial charge on any atom is -0.466 e. The molecule has 2 aromatic carbocycles. The van der Waals surface area contributed by atoms with Gasteiger partial charge < -0.3 is 9.64 Å². The molecule has 0 saturated carbocycles. The first-order chi connectivity index (χ1) is 14.1. The first-order valence-corrected chi connectivity index (χ1v) is 11.1. The number of likely N-dealkylation sites (tertiary alicyclic amines) is 1. The standard InChI is InChI=1S/C24H28ClN3O/c1-3-12-27-13-10-24(11-14-27)28-22(19-15-17(2)8-9-23(19)29-24)16-21(26-28)18-6-4-5-7-20(18)25/h4-9,15,22H,3,10-14,16H2,1-2H3/t22-/m1/s1. The Balaban J connectivity index is 1.55. The minimum atomic E-state index is -0.361. The molecule has 0 radical (unpaired) electrons. The number of hydrogen-bond acceptors (Lipinski definition) is 4. The smallest absolute Gasteiger partial charge is 0.200 e. The Hall–Kier alpha value is -2.04. The van der Waals surface area contributed by atoms with Gasteiger partial charge in [-0.2, -0.15) is 5.10 Å². The van der Waals surface area contributed by atoms with Crippen LogP contribution in [0.2, 0.25) is 5.02 Å². The largest absolute Gasteiger partial charge is 0.466 e. The van der Waals surface area contributed by atoms with E-state index in [-0.39, 0.29) is 11.8 Å². The second-order valence-electron chi connectivity index (χ2n) is 8.52. The molecule has 0 unspecified atom stereocenters. The number of benzene rings is 2.